The molecule has 1 amide bonds. The number of carboxylic acid groups (broad SMARTS) is 1. The molecule has 1 heterocycles. The van der Waals surface area contributed by atoms with Gasteiger partial charge in [-0.05, 0) is 11.6 Å². The number of amides is 1. The molecule has 1 aromatic rings. The molecule has 90 valence electrons. The Labute approximate surface area is 104 Å². The van der Waals surface area contributed by atoms with E-state index in [2.05, 4.69) is 0 Å². The van der Waals surface area contributed by atoms with Crippen LogP contribution in [0, 0.1) is 5.92 Å². The van der Waals surface area contributed by atoms with Crippen LogP contribution in [0.3, 0.4) is 0 Å². The Morgan fingerprint density at radius 1 is 1.47 bits per heavy atom. The smallest absolute Gasteiger partial charge is 0.308 e. The van der Waals surface area contributed by atoms with Gasteiger partial charge in [-0.15, -0.1) is 0 Å². The Morgan fingerprint density at radius 2 is 2.18 bits per heavy atom. The number of hydrogen-bond donors (Lipinski definition) is 1. The highest BCUT2D eigenvalue weighted by Gasteiger charge is 2.34. The first-order valence-electron chi connectivity index (χ1n) is 5.32. The summed E-state index contributed by atoms with van der Waals surface area (Å²) in [5.74, 6) is -1.64. The molecular weight excluding hydrogens is 242 g/mol. The Hall–Kier alpha value is -1.55. The van der Waals surface area contributed by atoms with E-state index in [0.717, 1.165) is 5.56 Å². The lowest BCUT2D eigenvalue weighted by Gasteiger charge is -2.16. The number of benzene rings is 1. The van der Waals surface area contributed by atoms with E-state index >= 15 is 0 Å². The molecule has 0 saturated carbocycles. The summed E-state index contributed by atoms with van der Waals surface area (Å²) in [5, 5.41) is 9.46. The number of likely N-dealkylation sites (tertiary alicyclic amines) is 1. The number of rotatable bonds is 3. The van der Waals surface area contributed by atoms with Crippen LogP contribution < -0.4 is 0 Å². The summed E-state index contributed by atoms with van der Waals surface area (Å²) in [4.78, 5) is 24.0. The van der Waals surface area contributed by atoms with E-state index in [9.17, 15) is 9.59 Å². The lowest BCUT2D eigenvalue weighted by molar-refractivity contribution is -0.141. The van der Waals surface area contributed by atoms with Crippen LogP contribution in [0.5, 0.6) is 0 Å². The van der Waals surface area contributed by atoms with Crippen molar-refractivity contribution >= 4 is 23.5 Å². The van der Waals surface area contributed by atoms with Gasteiger partial charge in [0.05, 0.1) is 5.92 Å². The molecule has 0 aromatic heterocycles. The molecule has 17 heavy (non-hydrogen) atoms. The molecule has 1 atom stereocenters. The number of carboxylic acids is 1. The van der Waals surface area contributed by atoms with Crippen LogP contribution in [0.1, 0.15) is 12.0 Å². The van der Waals surface area contributed by atoms with Crippen molar-refractivity contribution in [3.63, 3.8) is 0 Å². The molecule has 1 aliphatic rings. The molecule has 1 fully saturated rings. The second kappa shape index (κ2) is 4.75. The van der Waals surface area contributed by atoms with Gasteiger partial charge in [0.25, 0.3) is 0 Å². The van der Waals surface area contributed by atoms with Crippen LogP contribution in [-0.2, 0) is 16.1 Å². The van der Waals surface area contributed by atoms with E-state index in [1.54, 1.807) is 11.0 Å². The van der Waals surface area contributed by atoms with E-state index in [0.29, 0.717) is 11.6 Å². The highest BCUT2D eigenvalue weighted by molar-refractivity contribution is 6.31. The summed E-state index contributed by atoms with van der Waals surface area (Å²) in [7, 11) is 0. The Balaban J connectivity index is 2.08. The fourth-order valence-corrected chi connectivity index (χ4v) is 2.12. The average molecular weight is 254 g/mol. The van der Waals surface area contributed by atoms with Crippen molar-refractivity contribution in [3.8, 4) is 0 Å². The van der Waals surface area contributed by atoms with Crippen molar-refractivity contribution < 1.29 is 14.7 Å². The molecule has 0 aliphatic carbocycles. The fraction of sp³-hybridized carbons (Fsp3) is 0.333. The molecule has 1 aromatic carbocycles. The topological polar surface area (TPSA) is 57.6 Å². The third-order valence-electron chi connectivity index (χ3n) is 2.88. The van der Waals surface area contributed by atoms with Crippen LogP contribution in [0.4, 0.5) is 0 Å². The van der Waals surface area contributed by atoms with Crippen molar-refractivity contribution in [1.29, 1.82) is 0 Å². The van der Waals surface area contributed by atoms with Gasteiger partial charge >= 0.3 is 5.97 Å². The second-order valence-corrected chi connectivity index (χ2v) is 4.51. The Kier molecular flexibility index (Phi) is 3.33. The van der Waals surface area contributed by atoms with Gasteiger partial charge in [-0.1, -0.05) is 29.8 Å². The van der Waals surface area contributed by atoms with Gasteiger partial charge < -0.3 is 10.0 Å². The lowest BCUT2D eigenvalue weighted by atomic mass is 10.1. The van der Waals surface area contributed by atoms with Crippen molar-refractivity contribution in [2.24, 2.45) is 5.92 Å². The molecule has 1 aliphatic heterocycles. The minimum absolute atomic E-state index is 0.0831. The van der Waals surface area contributed by atoms with Gasteiger partial charge in [0.1, 0.15) is 0 Å². The summed E-state index contributed by atoms with van der Waals surface area (Å²) in [6.07, 6.45) is 0.0831. The number of carbonyl (C=O) groups excluding carboxylic acids is 1. The molecule has 5 heteroatoms. The average Bonchev–Trinajstić information content (AvgIpc) is 2.64. The number of nitrogens with zero attached hydrogens (tertiary/aromatic N) is 1. The number of hydrogen-bond acceptors (Lipinski definition) is 2. The first-order valence-corrected chi connectivity index (χ1v) is 5.69. The van der Waals surface area contributed by atoms with Gasteiger partial charge in [-0.3, -0.25) is 9.59 Å². The van der Waals surface area contributed by atoms with Gasteiger partial charge in [0.15, 0.2) is 0 Å². The van der Waals surface area contributed by atoms with E-state index in [4.69, 9.17) is 16.7 Å². The monoisotopic (exact) mass is 253 g/mol. The zero-order valence-electron chi connectivity index (χ0n) is 9.10. The minimum Gasteiger partial charge on any atom is -0.481 e. The van der Waals surface area contributed by atoms with Crippen molar-refractivity contribution in [3.05, 3.63) is 34.9 Å². The Bertz CT molecular complexity index is 461. The van der Waals surface area contributed by atoms with Crippen molar-refractivity contribution in [1.82, 2.24) is 4.90 Å². The Morgan fingerprint density at radius 3 is 2.76 bits per heavy atom. The molecule has 0 radical (unpaired) electrons. The maximum Gasteiger partial charge on any atom is 0.308 e. The van der Waals surface area contributed by atoms with Crippen molar-refractivity contribution in [2.45, 2.75) is 13.0 Å². The van der Waals surface area contributed by atoms with Crippen LogP contribution in [0.25, 0.3) is 0 Å². The fourth-order valence-electron chi connectivity index (χ4n) is 1.92. The maximum atomic E-state index is 11.6. The zero-order valence-corrected chi connectivity index (χ0v) is 9.85. The van der Waals surface area contributed by atoms with E-state index in [1.807, 2.05) is 18.2 Å². The largest absolute Gasteiger partial charge is 0.481 e. The van der Waals surface area contributed by atoms with Crippen LogP contribution in [0.15, 0.2) is 24.3 Å². The predicted octanol–water partition coefficient (Wildman–Crippen LogP) is 1.77. The van der Waals surface area contributed by atoms with E-state index in [1.165, 1.54) is 0 Å². The molecule has 1 N–H and O–H groups in total. The standard InChI is InChI=1S/C12H12ClNO3/c13-10-4-2-1-3-8(10)6-14-7-9(12(16)17)5-11(14)15/h1-4,9H,5-7H2,(H,16,17)/t9-/m1/s1. The number of halogens is 1. The normalized spacial score (nSPS) is 19.7. The van der Waals surface area contributed by atoms with E-state index in [-0.39, 0.29) is 18.9 Å². The summed E-state index contributed by atoms with van der Waals surface area (Å²) in [6.45, 7) is 0.641. The van der Waals surface area contributed by atoms with Gasteiger partial charge in [0, 0.05) is 24.5 Å². The van der Waals surface area contributed by atoms with Crippen molar-refractivity contribution in [2.75, 3.05) is 6.54 Å². The maximum absolute atomic E-state index is 11.6. The predicted molar refractivity (Wildman–Crippen MR) is 62.6 cm³/mol. The summed E-state index contributed by atoms with van der Waals surface area (Å²) < 4.78 is 0. The first kappa shape index (κ1) is 11.9. The zero-order chi connectivity index (χ0) is 12.4. The van der Waals surface area contributed by atoms with Gasteiger partial charge in [-0.2, -0.15) is 0 Å². The molecular formula is C12H12ClNO3. The summed E-state index contributed by atoms with van der Waals surface area (Å²) >= 11 is 6.00. The molecule has 0 bridgehead atoms. The van der Waals surface area contributed by atoms with Crippen LogP contribution >= 0.6 is 11.6 Å². The quantitative estimate of drug-likeness (QED) is 0.893. The highest BCUT2D eigenvalue weighted by atomic mass is 35.5. The highest BCUT2D eigenvalue weighted by Crippen LogP contribution is 2.23. The number of aliphatic carboxylic acids is 1. The first-order chi connectivity index (χ1) is 8.08. The van der Waals surface area contributed by atoms with Crippen LogP contribution in [-0.4, -0.2) is 28.4 Å². The molecule has 2 rings (SSSR count). The van der Waals surface area contributed by atoms with Gasteiger partial charge in [-0.25, -0.2) is 0 Å². The minimum atomic E-state index is -0.917. The number of carbonyl (C=O) groups is 2. The summed E-state index contributed by atoms with van der Waals surface area (Å²) in [5.41, 5.74) is 0.841. The van der Waals surface area contributed by atoms with Crippen LogP contribution in [0.2, 0.25) is 5.02 Å². The lowest BCUT2D eigenvalue weighted by Crippen LogP contribution is -2.25. The molecule has 0 unspecified atom stereocenters. The SMILES string of the molecule is O=C(O)[C@@H]1CC(=O)N(Cc2ccccc2Cl)C1. The third-order valence-corrected chi connectivity index (χ3v) is 3.25. The molecule has 1 saturated heterocycles. The summed E-state index contributed by atoms with van der Waals surface area (Å²) in [6, 6.07) is 7.25. The third kappa shape index (κ3) is 2.58. The van der Waals surface area contributed by atoms with Gasteiger partial charge in [0.2, 0.25) is 5.91 Å². The van der Waals surface area contributed by atoms with E-state index < -0.39 is 11.9 Å². The molecule has 0 spiro atoms. The second-order valence-electron chi connectivity index (χ2n) is 4.10. The molecule has 4 nitrogen and oxygen atoms in total.